The maximum atomic E-state index is 5.80. The third kappa shape index (κ3) is 3.12. The van der Waals surface area contributed by atoms with E-state index in [4.69, 9.17) is 5.73 Å². The van der Waals surface area contributed by atoms with Crippen molar-refractivity contribution in [1.29, 1.82) is 0 Å². The zero-order valence-electron chi connectivity index (χ0n) is 11.4. The van der Waals surface area contributed by atoms with Gasteiger partial charge < -0.3 is 15.5 Å². The summed E-state index contributed by atoms with van der Waals surface area (Å²) < 4.78 is 3.10. The highest BCUT2D eigenvalue weighted by molar-refractivity contribution is 9.10. The molecule has 1 aliphatic carbocycles. The minimum absolute atomic E-state index is 0.550. The average molecular weight is 336 g/mol. The summed E-state index contributed by atoms with van der Waals surface area (Å²) in [5.74, 6) is 0.551. The molecule has 0 atom stereocenters. The fraction of sp³-hybridized carbons (Fsp3) is 0.429. The summed E-state index contributed by atoms with van der Waals surface area (Å²) >= 11 is 3.50. The van der Waals surface area contributed by atoms with Crippen LogP contribution in [0.15, 0.2) is 27.9 Å². The lowest BCUT2D eigenvalue weighted by atomic mass is 10.3. The fourth-order valence-electron chi connectivity index (χ4n) is 2.17. The quantitative estimate of drug-likeness (QED) is 0.663. The molecule has 2 aromatic rings. The second-order valence-corrected chi connectivity index (χ2v) is 6.16. The second kappa shape index (κ2) is 5.44. The molecule has 0 aromatic carbocycles. The van der Waals surface area contributed by atoms with Crippen LogP contribution in [0.4, 0.5) is 0 Å². The molecule has 5 nitrogen and oxygen atoms in total. The van der Waals surface area contributed by atoms with Crippen LogP contribution >= 0.6 is 15.9 Å². The van der Waals surface area contributed by atoms with Crippen LogP contribution in [-0.4, -0.2) is 27.9 Å². The van der Waals surface area contributed by atoms with E-state index < -0.39 is 0 Å². The van der Waals surface area contributed by atoms with E-state index in [9.17, 15) is 0 Å². The van der Waals surface area contributed by atoms with Crippen LogP contribution in [0.5, 0.6) is 0 Å². The normalized spacial score (nSPS) is 15.8. The number of rotatable bonds is 4. The highest BCUT2D eigenvalue weighted by Gasteiger charge is 2.21. The highest BCUT2D eigenvalue weighted by atomic mass is 79.9. The maximum absolute atomic E-state index is 5.80. The van der Waals surface area contributed by atoms with Crippen LogP contribution in [0.3, 0.4) is 0 Å². The molecule has 3 N–H and O–H groups in total. The molecule has 0 amide bonds. The molecule has 2 heterocycles. The van der Waals surface area contributed by atoms with Gasteiger partial charge in [-0.3, -0.25) is 4.99 Å². The van der Waals surface area contributed by atoms with Gasteiger partial charge in [0.1, 0.15) is 5.65 Å². The van der Waals surface area contributed by atoms with Crippen molar-refractivity contribution in [3.8, 4) is 0 Å². The fourth-order valence-corrected chi connectivity index (χ4v) is 2.73. The Labute approximate surface area is 126 Å². The van der Waals surface area contributed by atoms with E-state index in [-0.39, 0.29) is 0 Å². The number of aryl methyl sites for hydroxylation is 1. The summed E-state index contributed by atoms with van der Waals surface area (Å²) in [6.07, 6.45) is 7.28. The first kappa shape index (κ1) is 13.4. The van der Waals surface area contributed by atoms with Gasteiger partial charge >= 0.3 is 0 Å². The van der Waals surface area contributed by atoms with Gasteiger partial charge in [0.05, 0.1) is 5.69 Å². The van der Waals surface area contributed by atoms with Crippen molar-refractivity contribution in [3.63, 3.8) is 0 Å². The smallest absolute Gasteiger partial charge is 0.188 e. The summed E-state index contributed by atoms with van der Waals surface area (Å²) in [6.45, 7) is 2.72. The minimum Gasteiger partial charge on any atom is -0.370 e. The van der Waals surface area contributed by atoms with Crippen LogP contribution < -0.4 is 11.1 Å². The number of aromatic nitrogens is 2. The molecule has 1 aliphatic rings. The van der Waals surface area contributed by atoms with Gasteiger partial charge in [0.2, 0.25) is 0 Å². The Hall–Kier alpha value is -1.56. The van der Waals surface area contributed by atoms with E-state index in [1.165, 1.54) is 12.8 Å². The third-order valence-corrected chi connectivity index (χ3v) is 3.76. The molecule has 0 unspecified atom stereocenters. The molecule has 0 spiro atoms. The van der Waals surface area contributed by atoms with Crippen molar-refractivity contribution in [2.45, 2.75) is 32.2 Å². The molecular weight excluding hydrogens is 318 g/mol. The van der Waals surface area contributed by atoms with Gasteiger partial charge in [-0.05, 0) is 47.3 Å². The minimum atomic E-state index is 0.550. The Kier molecular flexibility index (Phi) is 3.65. The Morgan fingerprint density at radius 1 is 1.55 bits per heavy atom. The average Bonchev–Trinajstić information content (AvgIpc) is 3.07. The number of pyridine rings is 1. The van der Waals surface area contributed by atoms with Crippen LogP contribution in [-0.2, 0) is 6.42 Å². The molecule has 0 aliphatic heterocycles. The molecule has 106 valence electrons. The van der Waals surface area contributed by atoms with Crippen molar-refractivity contribution in [2.24, 2.45) is 10.7 Å². The first-order valence-electron chi connectivity index (χ1n) is 6.82. The number of nitrogens with zero attached hydrogens (tertiary/aromatic N) is 3. The van der Waals surface area contributed by atoms with E-state index in [0.29, 0.717) is 18.5 Å². The number of guanidine groups is 1. The Balaban J connectivity index is 1.66. The number of hydrogen-bond donors (Lipinski definition) is 2. The van der Waals surface area contributed by atoms with Gasteiger partial charge in [-0.25, -0.2) is 4.98 Å². The molecule has 6 heteroatoms. The number of nitrogens with two attached hydrogens (primary N) is 1. The van der Waals surface area contributed by atoms with Gasteiger partial charge in [-0.15, -0.1) is 0 Å². The first-order chi connectivity index (χ1) is 9.61. The summed E-state index contributed by atoms with van der Waals surface area (Å²) in [5, 5.41) is 3.18. The molecule has 1 saturated carbocycles. The molecule has 2 aromatic heterocycles. The molecule has 0 saturated heterocycles. The Morgan fingerprint density at radius 3 is 3.10 bits per heavy atom. The van der Waals surface area contributed by atoms with E-state index in [1.54, 1.807) is 0 Å². The molecule has 3 rings (SSSR count). The molecule has 20 heavy (non-hydrogen) atoms. The van der Waals surface area contributed by atoms with Crippen LogP contribution in [0.25, 0.3) is 5.65 Å². The van der Waals surface area contributed by atoms with Crippen molar-refractivity contribution in [1.82, 2.24) is 14.7 Å². The largest absolute Gasteiger partial charge is 0.370 e. The predicted molar refractivity (Wildman–Crippen MR) is 84.0 cm³/mol. The lowest BCUT2D eigenvalue weighted by Gasteiger charge is -2.01. The monoisotopic (exact) mass is 335 g/mol. The Bertz CT molecular complexity index is 657. The first-order valence-corrected chi connectivity index (χ1v) is 7.61. The van der Waals surface area contributed by atoms with E-state index in [1.807, 2.05) is 16.8 Å². The molecule has 0 radical (unpaired) electrons. The van der Waals surface area contributed by atoms with Gasteiger partial charge in [0, 0.05) is 35.9 Å². The number of aliphatic imine (C=N–C) groups is 1. The van der Waals surface area contributed by atoms with Gasteiger partial charge in [-0.2, -0.15) is 0 Å². The van der Waals surface area contributed by atoms with Crippen LogP contribution in [0, 0.1) is 6.92 Å². The van der Waals surface area contributed by atoms with E-state index in [2.05, 4.69) is 44.2 Å². The topological polar surface area (TPSA) is 67.7 Å². The molecule has 1 fully saturated rings. The third-order valence-electron chi connectivity index (χ3n) is 3.33. The van der Waals surface area contributed by atoms with Crippen molar-refractivity contribution < 1.29 is 0 Å². The molecular formula is C14H18BrN5. The zero-order chi connectivity index (χ0) is 14.1. The van der Waals surface area contributed by atoms with Gasteiger partial charge in [0.15, 0.2) is 5.96 Å². The lowest BCUT2D eigenvalue weighted by molar-refractivity contribution is 0.864. The number of fused-ring (bicyclic) bond motifs is 1. The zero-order valence-corrected chi connectivity index (χ0v) is 13.0. The van der Waals surface area contributed by atoms with E-state index in [0.717, 1.165) is 27.8 Å². The number of halogens is 1. The summed E-state index contributed by atoms with van der Waals surface area (Å²) in [4.78, 5) is 8.97. The van der Waals surface area contributed by atoms with Gasteiger partial charge in [-0.1, -0.05) is 0 Å². The number of imidazole rings is 1. The number of nitrogens with one attached hydrogen (secondary N) is 1. The van der Waals surface area contributed by atoms with Crippen molar-refractivity contribution in [2.75, 3.05) is 6.54 Å². The standard InChI is InChI=1S/C14H18BrN5/c1-9-6-10(15)7-20-8-12(18-13(9)20)4-5-17-14(16)19-11-2-3-11/h6-8,11H,2-5H2,1H3,(H3,16,17,19). The summed E-state index contributed by atoms with van der Waals surface area (Å²) in [6, 6.07) is 2.62. The second-order valence-electron chi connectivity index (χ2n) is 5.24. The highest BCUT2D eigenvalue weighted by Crippen LogP contribution is 2.18. The maximum Gasteiger partial charge on any atom is 0.188 e. The van der Waals surface area contributed by atoms with Crippen LogP contribution in [0.1, 0.15) is 24.1 Å². The lowest BCUT2D eigenvalue weighted by Crippen LogP contribution is -2.33. The number of hydrogen-bond acceptors (Lipinski definition) is 2. The Morgan fingerprint density at radius 2 is 2.35 bits per heavy atom. The summed E-state index contributed by atoms with van der Waals surface area (Å²) in [5.41, 5.74) is 8.99. The SMILES string of the molecule is Cc1cc(Br)cn2cc(CCN=C(N)NC3CC3)nc12. The van der Waals surface area contributed by atoms with Crippen molar-refractivity contribution in [3.05, 3.63) is 34.2 Å². The van der Waals surface area contributed by atoms with Crippen LogP contribution in [0.2, 0.25) is 0 Å². The molecule has 0 bridgehead atoms. The summed E-state index contributed by atoms with van der Waals surface area (Å²) in [7, 11) is 0. The van der Waals surface area contributed by atoms with E-state index >= 15 is 0 Å². The predicted octanol–water partition coefficient (Wildman–Crippen LogP) is 2.01. The van der Waals surface area contributed by atoms with Crippen molar-refractivity contribution >= 4 is 27.5 Å². The van der Waals surface area contributed by atoms with Gasteiger partial charge in [0.25, 0.3) is 0 Å².